The Morgan fingerprint density at radius 2 is 2.00 bits per heavy atom. The minimum atomic E-state index is 0.634. The molecule has 19 heavy (non-hydrogen) atoms. The average Bonchev–Trinajstić information content (AvgIpc) is 2.40. The van der Waals surface area contributed by atoms with Gasteiger partial charge in [0.05, 0.1) is 6.61 Å². The van der Waals surface area contributed by atoms with Crippen molar-refractivity contribution in [3.8, 4) is 5.88 Å². The van der Waals surface area contributed by atoms with Gasteiger partial charge in [-0.05, 0) is 13.8 Å². The second-order valence-electron chi connectivity index (χ2n) is 4.56. The van der Waals surface area contributed by atoms with E-state index in [0.717, 1.165) is 49.7 Å². The zero-order valence-electron chi connectivity index (χ0n) is 11.6. The highest BCUT2D eigenvalue weighted by Gasteiger charge is 2.18. The highest BCUT2D eigenvalue weighted by molar-refractivity contribution is 9.09. The lowest BCUT2D eigenvalue weighted by Crippen LogP contribution is -2.47. The number of hydrogen-bond acceptors (Lipinski definition) is 5. The third-order valence-corrected chi connectivity index (χ3v) is 3.54. The normalized spacial score (nSPS) is 16.7. The predicted molar refractivity (Wildman–Crippen MR) is 80.4 cm³/mol. The maximum Gasteiger partial charge on any atom is 0.218 e. The molecule has 5 nitrogen and oxygen atoms in total. The fourth-order valence-corrected chi connectivity index (χ4v) is 2.73. The fraction of sp³-hybridized carbons (Fsp3) is 0.692. The predicted octanol–water partition coefficient (Wildman–Crippen LogP) is 1.70. The molecule has 0 atom stereocenters. The monoisotopic (exact) mass is 328 g/mol. The number of ether oxygens (including phenoxy) is 1. The maximum absolute atomic E-state index is 5.48. The first-order valence-corrected chi connectivity index (χ1v) is 7.87. The van der Waals surface area contributed by atoms with E-state index in [2.05, 4.69) is 35.7 Å². The summed E-state index contributed by atoms with van der Waals surface area (Å²) < 4.78 is 5.48. The highest BCUT2D eigenvalue weighted by atomic mass is 79.9. The van der Waals surface area contributed by atoms with Crippen LogP contribution >= 0.6 is 15.9 Å². The summed E-state index contributed by atoms with van der Waals surface area (Å²) in [6.45, 7) is 9.81. The first kappa shape index (κ1) is 14.5. The second kappa shape index (κ2) is 7.05. The van der Waals surface area contributed by atoms with Crippen LogP contribution in [0.1, 0.15) is 12.7 Å². The zero-order valence-corrected chi connectivity index (χ0v) is 13.2. The quantitative estimate of drug-likeness (QED) is 0.769. The third-order valence-electron chi connectivity index (χ3n) is 3.19. The summed E-state index contributed by atoms with van der Waals surface area (Å²) in [5.74, 6) is 2.42. The molecule has 106 valence electrons. The van der Waals surface area contributed by atoms with Crippen LogP contribution in [0.5, 0.6) is 5.88 Å². The smallest absolute Gasteiger partial charge is 0.218 e. The Balaban J connectivity index is 2.02. The van der Waals surface area contributed by atoms with E-state index in [1.807, 2.05) is 19.9 Å². The molecule has 1 aromatic rings. The number of rotatable bonds is 5. The van der Waals surface area contributed by atoms with E-state index in [1.165, 1.54) is 0 Å². The Labute approximate surface area is 123 Å². The molecule has 0 aliphatic carbocycles. The van der Waals surface area contributed by atoms with Crippen molar-refractivity contribution >= 4 is 21.7 Å². The molecule has 1 aromatic heterocycles. The molecule has 1 aliphatic heterocycles. The number of aromatic nitrogens is 2. The SMILES string of the molecule is CCOc1cc(N2CCN(CCBr)CC2)nc(C)n1. The number of aryl methyl sites for hydroxylation is 1. The molecule has 0 saturated carbocycles. The van der Waals surface area contributed by atoms with Gasteiger partial charge >= 0.3 is 0 Å². The molecule has 1 aliphatic rings. The Morgan fingerprint density at radius 1 is 1.26 bits per heavy atom. The summed E-state index contributed by atoms with van der Waals surface area (Å²) in [5.41, 5.74) is 0. The van der Waals surface area contributed by atoms with E-state index in [0.29, 0.717) is 12.5 Å². The molecule has 6 heteroatoms. The van der Waals surface area contributed by atoms with Crippen molar-refractivity contribution < 1.29 is 4.74 Å². The molecule has 0 spiro atoms. The number of alkyl halides is 1. The van der Waals surface area contributed by atoms with Crippen LogP contribution in [0.2, 0.25) is 0 Å². The van der Waals surface area contributed by atoms with E-state index in [4.69, 9.17) is 4.74 Å². The van der Waals surface area contributed by atoms with Crippen molar-refractivity contribution in [2.45, 2.75) is 13.8 Å². The van der Waals surface area contributed by atoms with Crippen molar-refractivity contribution in [1.82, 2.24) is 14.9 Å². The molecule has 0 amide bonds. The van der Waals surface area contributed by atoms with Crippen molar-refractivity contribution in [3.05, 3.63) is 11.9 Å². The maximum atomic E-state index is 5.48. The molecule has 0 unspecified atom stereocenters. The van der Waals surface area contributed by atoms with Gasteiger partial charge in [0.1, 0.15) is 11.6 Å². The van der Waals surface area contributed by atoms with E-state index in [9.17, 15) is 0 Å². The standard InChI is InChI=1S/C13H21BrN4O/c1-3-19-13-10-12(15-11(2)16-13)18-8-6-17(5-4-14)7-9-18/h10H,3-9H2,1-2H3. The summed E-state index contributed by atoms with van der Waals surface area (Å²) in [6.07, 6.45) is 0. The molecule has 2 heterocycles. The summed E-state index contributed by atoms with van der Waals surface area (Å²) in [5, 5.41) is 1.04. The lowest BCUT2D eigenvalue weighted by Gasteiger charge is -2.35. The Kier molecular flexibility index (Phi) is 5.39. The first-order valence-electron chi connectivity index (χ1n) is 6.74. The van der Waals surface area contributed by atoms with Crippen LogP contribution in [-0.2, 0) is 0 Å². The molecule has 1 saturated heterocycles. The van der Waals surface area contributed by atoms with Crippen molar-refractivity contribution in [2.24, 2.45) is 0 Å². The summed E-state index contributed by atoms with van der Waals surface area (Å²) in [6, 6.07) is 1.94. The van der Waals surface area contributed by atoms with E-state index in [1.54, 1.807) is 0 Å². The zero-order chi connectivity index (χ0) is 13.7. The van der Waals surface area contributed by atoms with Gasteiger partial charge in [-0.25, -0.2) is 4.98 Å². The third kappa shape index (κ3) is 4.04. The van der Waals surface area contributed by atoms with E-state index in [-0.39, 0.29) is 0 Å². The van der Waals surface area contributed by atoms with Crippen molar-refractivity contribution in [2.75, 3.05) is 49.6 Å². The molecule has 2 rings (SSSR count). The molecular weight excluding hydrogens is 308 g/mol. The number of halogens is 1. The van der Waals surface area contributed by atoms with Crippen LogP contribution in [0, 0.1) is 6.92 Å². The average molecular weight is 329 g/mol. The summed E-state index contributed by atoms with van der Waals surface area (Å²) in [4.78, 5) is 13.6. The van der Waals surface area contributed by atoms with Gasteiger partial charge in [0.2, 0.25) is 5.88 Å². The Hall–Kier alpha value is -0.880. The van der Waals surface area contributed by atoms with Crippen LogP contribution in [0.25, 0.3) is 0 Å². The lowest BCUT2D eigenvalue weighted by atomic mass is 10.3. The fourth-order valence-electron chi connectivity index (χ4n) is 2.23. The van der Waals surface area contributed by atoms with Crippen molar-refractivity contribution in [1.29, 1.82) is 0 Å². The minimum Gasteiger partial charge on any atom is -0.478 e. The Morgan fingerprint density at radius 3 is 2.63 bits per heavy atom. The summed E-state index contributed by atoms with van der Waals surface area (Å²) >= 11 is 3.49. The van der Waals surface area contributed by atoms with Gasteiger partial charge in [-0.3, -0.25) is 4.90 Å². The Bertz CT molecular complexity index is 408. The first-order chi connectivity index (χ1) is 9.22. The molecular formula is C13H21BrN4O. The molecule has 0 radical (unpaired) electrons. The minimum absolute atomic E-state index is 0.634. The molecule has 1 fully saturated rings. The molecule has 0 N–H and O–H groups in total. The lowest BCUT2D eigenvalue weighted by molar-refractivity contribution is 0.273. The largest absolute Gasteiger partial charge is 0.478 e. The van der Waals surface area contributed by atoms with Gasteiger partial charge in [0.15, 0.2) is 0 Å². The van der Waals surface area contributed by atoms with Crippen LogP contribution in [0.4, 0.5) is 5.82 Å². The van der Waals surface area contributed by atoms with E-state index < -0.39 is 0 Å². The molecule has 0 bridgehead atoms. The van der Waals surface area contributed by atoms with Gasteiger partial charge in [0.25, 0.3) is 0 Å². The highest BCUT2D eigenvalue weighted by Crippen LogP contribution is 2.19. The van der Waals surface area contributed by atoms with Gasteiger partial charge in [-0.1, -0.05) is 15.9 Å². The van der Waals surface area contributed by atoms with Crippen molar-refractivity contribution in [3.63, 3.8) is 0 Å². The number of nitrogens with zero attached hydrogens (tertiary/aromatic N) is 4. The van der Waals surface area contributed by atoms with E-state index >= 15 is 0 Å². The van der Waals surface area contributed by atoms with Crippen LogP contribution in [-0.4, -0.2) is 59.5 Å². The summed E-state index contributed by atoms with van der Waals surface area (Å²) in [7, 11) is 0. The topological polar surface area (TPSA) is 41.5 Å². The van der Waals surface area contributed by atoms with Crippen LogP contribution in [0.15, 0.2) is 6.07 Å². The number of hydrogen-bond donors (Lipinski definition) is 0. The molecule has 0 aromatic carbocycles. The number of anilines is 1. The van der Waals surface area contributed by atoms with Gasteiger partial charge in [0, 0.05) is 44.1 Å². The van der Waals surface area contributed by atoms with Crippen LogP contribution in [0.3, 0.4) is 0 Å². The van der Waals surface area contributed by atoms with Gasteiger partial charge in [-0.15, -0.1) is 0 Å². The second-order valence-corrected chi connectivity index (χ2v) is 5.36. The van der Waals surface area contributed by atoms with Crippen LogP contribution < -0.4 is 9.64 Å². The van der Waals surface area contributed by atoms with Gasteiger partial charge < -0.3 is 9.64 Å². The van der Waals surface area contributed by atoms with Gasteiger partial charge in [-0.2, -0.15) is 4.98 Å². The number of piperazine rings is 1.